The molecule has 0 unspecified atom stereocenters. The van der Waals surface area contributed by atoms with Crippen LogP contribution in [0.15, 0.2) is 48.5 Å². The Morgan fingerprint density at radius 3 is 2.62 bits per heavy atom. The highest BCUT2D eigenvalue weighted by Crippen LogP contribution is 2.21. The Morgan fingerprint density at radius 1 is 1.21 bits per heavy atom. The maximum absolute atomic E-state index is 12.1. The third-order valence-electron chi connectivity index (χ3n) is 3.68. The molecule has 0 bridgehead atoms. The smallest absolute Gasteiger partial charge is 0.348 e. The van der Waals surface area contributed by atoms with Gasteiger partial charge in [-0.2, -0.15) is 0 Å². The molecule has 0 N–H and O–H groups in total. The van der Waals surface area contributed by atoms with Gasteiger partial charge in [-0.25, -0.2) is 9.59 Å². The topological polar surface area (TPSA) is 95.7 Å². The average molecular weight is 327 g/mol. The molecule has 0 fully saturated rings. The number of carbonyl (C=O) groups excluding carboxylic acids is 2. The van der Waals surface area contributed by atoms with Crippen molar-refractivity contribution in [2.75, 3.05) is 0 Å². The molecule has 0 aliphatic carbocycles. The number of ether oxygens (including phenoxy) is 2. The minimum Gasteiger partial charge on any atom is -0.458 e. The number of hydrogen-bond donors (Lipinski definition) is 0. The molecule has 24 heavy (non-hydrogen) atoms. The van der Waals surface area contributed by atoms with E-state index in [9.17, 15) is 19.7 Å². The van der Waals surface area contributed by atoms with Crippen LogP contribution in [-0.2, 0) is 27.3 Å². The van der Waals surface area contributed by atoms with Crippen LogP contribution in [0.5, 0.6) is 0 Å². The van der Waals surface area contributed by atoms with E-state index in [2.05, 4.69) is 0 Å². The van der Waals surface area contributed by atoms with Crippen molar-refractivity contribution in [2.45, 2.75) is 19.1 Å². The summed E-state index contributed by atoms with van der Waals surface area (Å²) in [5, 5.41) is 10.6. The molecule has 2 aromatic rings. The Kier molecular flexibility index (Phi) is 4.24. The van der Waals surface area contributed by atoms with Crippen LogP contribution in [0, 0.1) is 10.1 Å². The second-order valence-corrected chi connectivity index (χ2v) is 5.29. The van der Waals surface area contributed by atoms with Crippen LogP contribution in [0.2, 0.25) is 0 Å². The van der Waals surface area contributed by atoms with Gasteiger partial charge in [0.2, 0.25) is 6.10 Å². The minimum absolute atomic E-state index is 0.0390. The number of nitro benzene ring substituents is 1. The van der Waals surface area contributed by atoms with Crippen molar-refractivity contribution in [1.29, 1.82) is 0 Å². The van der Waals surface area contributed by atoms with E-state index in [1.807, 2.05) is 0 Å². The van der Waals surface area contributed by atoms with Gasteiger partial charge < -0.3 is 9.47 Å². The number of non-ortho nitro benzene ring substituents is 1. The van der Waals surface area contributed by atoms with E-state index in [4.69, 9.17) is 9.47 Å². The number of nitro groups is 1. The molecule has 0 radical (unpaired) electrons. The molecule has 0 amide bonds. The van der Waals surface area contributed by atoms with Gasteiger partial charge in [0.15, 0.2) is 0 Å². The molecule has 1 aliphatic heterocycles. The van der Waals surface area contributed by atoms with Crippen LogP contribution >= 0.6 is 0 Å². The van der Waals surface area contributed by atoms with Gasteiger partial charge in [-0.15, -0.1) is 0 Å². The summed E-state index contributed by atoms with van der Waals surface area (Å²) in [6, 6.07) is 12.6. The minimum atomic E-state index is -0.981. The maximum atomic E-state index is 12.1. The van der Waals surface area contributed by atoms with E-state index in [0.29, 0.717) is 11.1 Å². The van der Waals surface area contributed by atoms with Gasteiger partial charge in [0.05, 0.1) is 10.5 Å². The van der Waals surface area contributed by atoms with Crippen LogP contribution in [0.3, 0.4) is 0 Å². The summed E-state index contributed by atoms with van der Waals surface area (Å²) >= 11 is 0. The lowest BCUT2D eigenvalue weighted by molar-refractivity contribution is -0.384. The third-order valence-corrected chi connectivity index (χ3v) is 3.68. The van der Waals surface area contributed by atoms with E-state index in [-0.39, 0.29) is 18.7 Å². The number of carbonyl (C=O) groups is 2. The zero-order chi connectivity index (χ0) is 17.1. The first-order valence-electron chi connectivity index (χ1n) is 7.23. The molecule has 1 atom stereocenters. The summed E-state index contributed by atoms with van der Waals surface area (Å²) in [7, 11) is 0. The lowest BCUT2D eigenvalue weighted by Crippen LogP contribution is -2.35. The number of benzene rings is 2. The average Bonchev–Trinajstić information content (AvgIpc) is 2.60. The van der Waals surface area contributed by atoms with Crippen molar-refractivity contribution in [3.63, 3.8) is 0 Å². The Labute approximate surface area is 137 Å². The summed E-state index contributed by atoms with van der Waals surface area (Å²) in [4.78, 5) is 34.1. The van der Waals surface area contributed by atoms with Gasteiger partial charge in [-0.3, -0.25) is 10.1 Å². The fourth-order valence-corrected chi connectivity index (χ4v) is 2.42. The van der Waals surface area contributed by atoms with Crippen LogP contribution in [0.4, 0.5) is 5.69 Å². The van der Waals surface area contributed by atoms with Crippen molar-refractivity contribution < 1.29 is 24.0 Å². The van der Waals surface area contributed by atoms with E-state index >= 15 is 0 Å². The monoisotopic (exact) mass is 327 g/mol. The number of fused-ring (bicyclic) bond motifs is 1. The first kappa shape index (κ1) is 15.7. The fraction of sp³-hybridized carbons (Fsp3) is 0.176. The Morgan fingerprint density at radius 2 is 1.92 bits per heavy atom. The molecule has 2 aromatic carbocycles. The van der Waals surface area contributed by atoms with Gasteiger partial charge in [0, 0.05) is 18.6 Å². The highest BCUT2D eigenvalue weighted by molar-refractivity contribution is 5.94. The lowest BCUT2D eigenvalue weighted by Gasteiger charge is -2.23. The Hall–Kier alpha value is -3.22. The Bertz CT molecular complexity index is 799. The molecule has 0 saturated carbocycles. The molecular formula is C17H13NO6. The van der Waals surface area contributed by atoms with Crippen molar-refractivity contribution in [3.05, 3.63) is 75.3 Å². The van der Waals surface area contributed by atoms with Crippen LogP contribution in [0.25, 0.3) is 0 Å². The van der Waals surface area contributed by atoms with Crippen molar-refractivity contribution >= 4 is 17.6 Å². The van der Waals surface area contributed by atoms with Gasteiger partial charge in [-0.1, -0.05) is 18.2 Å². The van der Waals surface area contributed by atoms with E-state index in [1.165, 1.54) is 24.3 Å². The van der Waals surface area contributed by atoms with Gasteiger partial charge in [0.1, 0.15) is 6.61 Å². The van der Waals surface area contributed by atoms with E-state index in [0.717, 1.165) is 5.56 Å². The third kappa shape index (κ3) is 3.24. The summed E-state index contributed by atoms with van der Waals surface area (Å²) in [5.74, 6) is -1.19. The second-order valence-electron chi connectivity index (χ2n) is 5.29. The molecule has 1 heterocycles. The summed E-state index contributed by atoms with van der Waals surface area (Å²) in [6.45, 7) is -0.0491. The number of rotatable bonds is 4. The lowest BCUT2D eigenvalue weighted by atomic mass is 9.99. The summed E-state index contributed by atoms with van der Waals surface area (Å²) in [6.07, 6.45) is -0.716. The summed E-state index contributed by atoms with van der Waals surface area (Å²) < 4.78 is 10.3. The van der Waals surface area contributed by atoms with E-state index in [1.54, 1.807) is 24.3 Å². The molecule has 1 aliphatic rings. The second kappa shape index (κ2) is 6.49. The maximum Gasteiger partial charge on any atom is 0.348 e. The quantitative estimate of drug-likeness (QED) is 0.486. The van der Waals surface area contributed by atoms with Crippen LogP contribution in [0.1, 0.15) is 21.5 Å². The number of nitrogens with zero attached hydrogens (tertiary/aromatic N) is 1. The van der Waals surface area contributed by atoms with Crippen LogP contribution in [-0.4, -0.2) is 23.0 Å². The predicted octanol–water partition coefficient (Wildman–Crippen LogP) is 2.42. The highest BCUT2D eigenvalue weighted by atomic mass is 16.6. The normalized spacial score (nSPS) is 16.0. The summed E-state index contributed by atoms with van der Waals surface area (Å²) in [5.41, 5.74) is 1.77. The Balaban J connectivity index is 1.62. The highest BCUT2D eigenvalue weighted by Gasteiger charge is 2.32. The van der Waals surface area contributed by atoms with Gasteiger partial charge in [0.25, 0.3) is 5.69 Å². The molecule has 7 nitrogen and oxygen atoms in total. The molecule has 0 spiro atoms. The van der Waals surface area contributed by atoms with Crippen molar-refractivity contribution in [3.8, 4) is 0 Å². The first-order chi connectivity index (χ1) is 11.5. The van der Waals surface area contributed by atoms with Crippen LogP contribution < -0.4 is 0 Å². The van der Waals surface area contributed by atoms with Gasteiger partial charge in [-0.05, 0) is 29.3 Å². The standard InChI is InChI=1S/C17H13NO6/c19-16-14-4-2-1-3-12(14)9-15(24-16)17(20)23-10-11-5-7-13(8-6-11)18(21)22/h1-8,15H,9-10H2/t15-/m1/s1. The molecular weight excluding hydrogens is 314 g/mol. The molecule has 3 rings (SSSR count). The van der Waals surface area contributed by atoms with E-state index < -0.39 is 23.0 Å². The first-order valence-corrected chi connectivity index (χ1v) is 7.23. The number of esters is 2. The largest absolute Gasteiger partial charge is 0.458 e. The SMILES string of the molecule is O=C1O[C@@H](C(=O)OCc2ccc([N+](=O)[O-])cc2)Cc2ccccc21. The molecule has 0 saturated heterocycles. The number of cyclic esters (lactones) is 1. The van der Waals surface area contributed by atoms with Crippen molar-refractivity contribution in [2.24, 2.45) is 0 Å². The van der Waals surface area contributed by atoms with Gasteiger partial charge >= 0.3 is 11.9 Å². The van der Waals surface area contributed by atoms with Crippen molar-refractivity contribution in [1.82, 2.24) is 0 Å². The number of hydrogen-bond acceptors (Lipinski definition) is 6. The predicted molar refractivity (Wildman–Crippen MR) is 82.2 cm³/mol. The zero-order valence-corrected chi connectivity index (χ0v) is 12.5. The molecule has 0 aromatic heterocycles. The fourth-order valence-electron chi connectivity index (χ4n) is 2.42. The molecule has 122 valence electrons. The molecule has 7 heteroatoms. The zero-order valence-electron chi connectivity index (χ0n) is 12.5.